The number of thiazole rings is 1. The van der Waals surface area contributed by atoms with E-state index in [1.54, 1.807) is 6.08 Å². The predicted molar refractivity (Wildman–Crippen MR) is 89.8 cm³/mol. The number of aryl methyl sites for hydroxylation is 1. The molecular weight excluding hydrogens is 357 g/mol. The first-order valence-corrected chi connectivity index (χ1v) is 8.97. The van der Waals surface area contributed by atoms with Gasteiger partial charge in [-0.2, -0.15) is 13.2 Å². The van der Waals surface area contributed by atoms with Crippen molar-refractivity contribution in [2.45, 2.75) is 13.1 Å². The van der Waals surface area contributed by atoms with Crippen molar-refractivity contribution in [3.63, 3.8) is 0 Å². The Balaban J connectivity index is 1.87. The zero-order valence-corrected chi connectivity index (χ0v) is 14.3. The second kappa shape index (κ2) is 6.60. The zero-order valence-electron chi connectivity index (χ0n) is 12.6. The molecule has 8 heteroatoms. The van der Waals surface area contributed by atoms with Crippen LogP contribution in [-0.2, 0) is 6.18 Å². The molecule has 1 fully saturated rings. The van der Waals surface area contributed by atoms with Crippen LogP contribution in [0.15, 0.2) is 34.7 Å². The van der Waals surface area contributed by atoms with Gasteiger partial charge in [0.05, 0.1) is 21.3 Å². The molecule has 1 amide bonds. The lowest BCUT2D eigenvalue weighted by Gasteiger charge is -2.17. The number of thioether (sulfide) groups is 1. The maximum absolute atomic E-state index is 12.8. The summed E-state index contributed by atoms with van der Waals surface area (Å²) in [5.74, 6) is 0.281. The first-order valence-electron chi connectivity index (χ1n) is 7.10. The number of carbonyl (C=O) groups excluding carboxylic acids is 1. The van der Waals surface area contributed by atoms with Gasteiger partial charge in [0.15, 0.2) is 0 Å². The molecule has 0 aliphatic carbocycles. The maximum atomic E-state index is 12.8. The van der Waals surface area contributed by atoms with Crippen LogP contribution in [0.3, 0.4) is 0 Å². The number of rotatable bonds is 2. The Hall–Kier alpha value is -1.80. The number of carbonyl (C=O) groups is 1. The highest BCUT2D eigenvalue weighted by Gasteiger charge is 2.32. The molecule has 0 unspecified atom stereocenters. The molecule has 1 saturated heterocycles. The molecule has 126 valence electrons. The molecule has 24 heavy (non-hydrogen) atoms. The molecule has 1 aliphatic heterocycles. The number of hydrogen-bond donors (Lipinski definition) is 0. The second-order valence-corrected chi connectivity index (χ2v) is 7.34. The van der Waals surface area contributed by atoms with E-state index in [4.69, 9.17) is 0 Å². The Kier molecular flexibility index (Phi) is 4.69. The third-order valence-electron chi connectivity index (χ3n) is 3.42. The van der Waals surface area contributed by atoms with E-state index in [9.17, 15) is 18.0 Å². The van der Waals surface area contributed by atoms with Gasteiger partial charge in [-0.05, 0) is 31.2 Å². The maximum Gasteiger partial charge on any atom is 0.416 e. The minimum Gasteiger partial charge on any atom is -0.302 e. The van der Waals surface area contributed by atoms with Crippen LogP contribution >= 0.6 is 23.1 Å². The molecular formula is C16H13F3N2OS2. The Morgan fingerprint density at radius 3 is 2.83 bits per heavy atom. The van der Waals surface area contributed by atoms with Gasteiger partial charge < -0.3 is 4.90 Å². The number of hydrogen-bond acceptors (Lipinski definition) is 4. The fraction of sp³-hybridized carbons (Fsp3) is 0.250. The fourth-order valence-electron chi connectivity index (χ4n) is 2.31. The second-order valence-electron chi connectivity index (χ2n) is 5.16. The van der Waals surface area contributed by atoms with Crippen molar-refractivity contribution in [1.82, 2.24) is 9.88 Å². The van der Waals surface area contributed by atoms with Gasteiger partial charge in [0.1, 0.15) is 0 Å². The highest BCUT2D eigenvalue weighted by Crippen LogP contribution is 2.33. The standard InChI is InChI=1S/C16H13F3N2OS2/c1-10-20-13(9-24-10)8-14-21(5-6-23-14)15(22)11-3-2-4-12(7-11)16(17,18)19/h2-4,7-9H,5-6H2,1H3/b14-8+. The van der Waals surface area contributed by atoms with Gasteiger partial charge in [-0.3, -0.25) is 4.79 Å². The number of nitrogens with zero attached hydrogens (tertiary/aromatic N) is 2. The molecule has 0 N–H and O–H groups in total. The largest absolute Gasteiger partial charge is 0.416 e. The quantitative estimate of drug-likeness (QED) is 0.771. The van der Waals surface area contributed by atoms with Crippen LogP contribution in [0, 0.1) is 6.92 Å². The van der Waals surface area contributed by atoms with Gasteiger partial charge in [0, 0.05) is 23.2 Å². The summed E-state index contributed by atoms with van der Waals surface area (Å²) in [6.45, 7) is 2.36. The smallest absolute Gasteiger partial charge is 0.302 e. The van der Waals surface area contributed by atoms with Gasteiger partial charge >= 0.3 is 6.18 Å². The Labute approximate surface area is 145 Å². The van der Waals surface area contributed by atoms with Crippen LogP contribution in [0.25, 0.3) is 6.08 Å². The molecule has 0 radical (unpaired) electrons. The zero-order chi connectivity index (χ0) is 17.3. The van der Waals surface area contributed by atoms with Crippen LogP contribution in [0.1, 0.15) is 26.6 Å². The van der Waals surface area contributed by atoms with Crippen LogP contribution in [0.5, 0.6) is 0 Å². The monoisotopic (exact) mass is 370 g/mol. The van der Waals surface area contributed by atoms with Crippen molar-refractivity contribution in [2.24, 2.45) is 0 Å². The van der Waals surface area contributed by atoms with Gasteiger partial charge in [-0.25, -0.2) is 4.98 Å². The number of amides is 1. The first kappa shape index (κ1) is 17.0. The summed E-state index contributed by atoms with van der Waals surface area (Å²) < 4.78 is 38.5. The molecule has 0 spiro atoms. The SMILES string of the molecule is Cc1nc(/C=C2/SCCN2C(=O)c2cccc(C(F)(F)F)c2)cs1. The van der Waals surface area contributed by atoms with Crippen LogP contribution in [0.4, 0.5) is 13.2 Å². The molecule has 3 nitrogen and oxygen atoms in total. The van der Waals surface area contributed by atoms with E-state index in [1.807, 2.05) is 12.3 Å². The van der Waals surface area contributed by atoms with E-state index in [1.165, 1.54) is 40.1 Å². The highest BCUT2D eigenvalue weighted by molar-refractivity contribution is 8.03. The van der Waals surface area contributed by atoms with Crippen molar-refractivity contribution in [3.8, 4) is 0 Å². The third-order valence-corrected chi connectivity index (χ3v) is 5.23. The molecule has 1 aliphatic rings. The average molecular weight is 370 g/mol. The van der Waals surface area contributed by atoms with Gasteiger partial charge in [-0.1, -0.05) is 6.07 Å². The molecule has 0 bridgehead atoms. The number of benzene rings is 1. The third kappa shape index (κ3) is 3.64. The fourth-order valence-corrected chi connectivity index (χ4v) is 3.90. The average Bonchev–Trinajstić information content (AvgIpc) is 3.15. The molecule has 3 rings (SSSR count). The van der Waals surface area contributed by atoms with Crippen molar-refractivity contribution >= 4 is 35.1 Å². The Morgan fingerprint density at radius 1 is 1.38 bits per heavy atom. The van der Waals surface area contributed by atoms with E-state index in [0.717, 1.165) is 22.8 Å². The number of aromatic nitrogens is 1. The summed E-state index contributed by atoms with van der Waals surface area (Å²) in [4.78, 5) is 18.5. The Bertz CT molecular complexity index is 799. The van der Waals surface area contributed by atoms with Crippen LogP contribution < -0.4 is 0 Å². The number of halogens is 3. The topological polar surface area (TPSA) is 33.2 Å². The molecule has 2 heterocycles. The predicted octanol–water partition coefficient (Wildman–Crippen LogP) is 4.66. The highest BCUT2D eigenvalue weighted by atomic mass is 32.2. The van der Waals surface area contributed by atoms with Crippen molar-refractivity contribution in [1.29, 1.82) is 0 Å². The van der Waals surface area contributed by atoms with Gasteiger partial charge in [0.2, 0.25) is 0 Å². The minimum atomic E-state index is -4.47. The van der Waals surface area contributed by atoms with Crippen molar-refractivity contribution in [2.75, 3.05) is 12.3 Å². The van der Waals surface area contributed by atoms with Gasteiger partial charge in [0.25, 0.3) is 5.91 Å². The van der Waals surface area contributed by atoms with E-state index in [2.05, 4.69) is 4.98 Å². The number of alkyl halides is 3. The lowest BCUT2D eigenvalue weighted by molar-refractivity contribution is -0.137. The molecule has 2 aromatic rings. The van der Waals surface area contributed by atoms with Crippen LogP contribution in [0.2, 0.25) is 0 Å². The van der Waals surface area contributed by atoms with E-state index in [-0.39, 0.29) is 5.56 Å². The summed E-state index contributed by atoms with van der Waals surface area (Å²) in [5.41, 5.74) is -0.0303. The lowest BCUT2D eigenvalue weighted by Crippen LogP contribution is -2.27. The summed E-state index contributed by atoms with van der Waals surface area (Å²) >= 11 is 3.00. The summed E-state index contributed by atoms with van der Waals surface area (Å²) in [6.07, 6.45) is -2.67. The molecule has 0 saturated carbocycles. The molecule has 0 atom stereocenters. The van der Waals surface area contributed by atoms with E-state index >= 15 is 0 Å². The van der Waals surface area contributed by atoms with Crippen molar-refractivity contribution in [3.05, 3.63) is 56.5 Å². The summed E-state index contributed by atoms with van der Waals surface area (Å²) in [7, 11) is 0. The lowest BCUT2D eigenvalue weighted by atomic mass is 10.1. The van der Waals surface area contributed by atoms with Gasteiger partial charge in [-0.15, -0.1) is 23.1 Å². The minimum absolute atomic E-state index is 0.0349. The molecule has 1 aromatic heterocycles. The molecule has 1 aromatic carbocycles. The normalized spacial score (nSPS) is 16.8. The van der Waals surface area contributed by atoms with E-state index in [0.29, 0.717) is 17.3 Å². The first-order chi connectivity index (χ1) is 11.3. The Morgan fingerprint density at radius 2 is 2.17 bits per heavy atom. The summed E-state index contributed by atoms with van der Waals surface area (Å²) in [6, 6.07) is 4.53. The van der Waals surface area contributed by atoms with E-state index < -0.39 is 17.6 Å². The van der Waals surface area contributed by atoms with Crippen molar-refractivity contribution < 1.29 is 18.0 Å². The van der Waals surface area contributed by atoms with Crippen LogP contribution in [-0.4, -0.2) is 28.1 Å². The summed E-state index contributed by atoms with van der Waals surface area (Å²) in [5, 5.41) is 3.51.